The van der Waals surface area contributed by atoms with E-state index in [2.05, 4.69) is 19.9 Å². The molecule has 2 atom stereocenters. The molecule has 1 unspecified atom stereocenters. The lowest BCUT2D eigenvalue weighted by molar-refractivity contribution is 0.0447. The molecule has 41 heavy (non-hydrogen) atoms. The molecule has 0 spiro atoms. The highest BCUT2D eigenvalue weighted by molar-refractivity contribution is 6.01. The molecular weight excluding hydrogens is 528 g/mol. The van der Waals surface area contributed by atoms with Gasteiger partial charge in [0.25, 0.3) is 0 Å². The van der Waals surface area contributed by atoms with Crippen LogP contribution in [0.1, 0.15) is 45.1 Å². The number of fused-ring (bicyclic) bond motifs is 2. The number of halogens is 2. The van der Waals surface area contributed by atoms with Crippen molar-refractivity contribution in [1.29, 1.82) is 0 Å². The molecule has 0 radical (unpaired) electrons. The number of aliphatic hydroxyl groups is 1. The first-order chi connectivity index (χ1) is 19.6. The molecule has 0 aliphatic carbocycles. The molecule has 4 heterocycles. The molecule has 6 rings (SSSR count). The van der Waals surface area contributed by atoms with Crippen LogP contribution >= 0.6 is 0 Å². The Hall–Kier alpha value is -3.63. The van der Waals surface area contributed by atoms with E-state index in [0.29, 0.717) is 60.1 Å². The van der Waals surface area contributed by atoms with Crippen LogP contribution in [0.15, 0.2) is 30.5 Å². The van der Waals surface area contributed by atoms with Crippen LogP contribution in [-0.4, -0.2) is 75.0 Å². The van der Waals surface area contributed by atoms with Crippen molar-refractivity contribution in [2.24, 2.45) is 0 Å². The number of likely N-dealkylation sites (tertiary alicyclic amines) is 1. The van der Waals surface area contributed by atoms with Crippen LogP contribution in [0.3, 0.4) is 0 Å². The minimum absolute atomic E-state index is 0.0194. The number of aromatic nitrogens is 3. The van der Waals surface area contributed by atoms with E-state index in [0.717, 1.165) is 25.8 Å². The number of phenols is 1. The largest absolute Gasteiger partial charge is 0.508 e. The van der Waals surface area contributed by atoms with Gasteiger partial charge < -0.3 is 24.7 Å². The molecule has 2 aliphatic rings. The Kier molecular flexibility index (Phi) is 7.15. The summed E-state index contributed by atoms with van der Waals surface area (Å²) in [7, 11) is 2.05. The maximum atomic E-state index is 16.6. The highest BCUT2D eigenvalue weighted by atomic mass is 19.1. The fourth-order valence-corrected chi connectivity index (χ4v) is 6.31. The zero-order valence-corrected chi connectivity index (χ0v) is 23.6. The Balaban J connectivity index is 1.53. The zero-order valence-electron chi connectivity index (χ0n) is 23.6. The Bertz CT molecular complexity index is 1630. The molecule has 10 heteroatoms. The van der Waals surface area contributed by atoms with Crippen LogP contribution in [0, 0.1) is 11.6 Å². The van der Waals surface area contributed by atoms with Crippen LogP contribution < -0.4 is 9.64 Å². The lowest BCUT2D eigenvalue weighted by Gasteiger charge is -2.37. The molecule has 0 saturated carbocycles. The molecule has 2 fully saturated rings. The summed E-state index contributed by atoms with van der Waals surface area (Å²) < 4.78 is 37.5. The van der Waals surface area contributed by atoms with Gasteiger partial charge in [0.15, 0.2) is 5.82 Å². The molecule has 4 aromatic rings. The van der Waals surface area contributed by atoms with Crippen LogP contribution in [0.2, 0.25) is 0 Å². The van der Waals surface area contributed by atoms with Gasteiger partial charge in [0.1, 0.15) is 35.2 Å². The van der Waals surface area contributed by atoms with Crippen LogP contribution in [0.5, 0.6) is 11.8 Å². The molecule has 2 saturated heterocycles. The van der Waals surface area contributed by atoms with Gasteiger partial charge in [-0.2, -0.15) is 9.97 Å². The van der Waals surface area contributed by atoms with Gasteiger partial charge in [0.2, 0.25) is 0 Å². The number of rotatable bonds is 6. The number of pyridine rings is 1. The number of β-amino-alcohol motifs (C(OH)–C–C–N with tert-alkyl or cyclic N) is 1. The SMILES string of the molecule is CCc1c(F)ccc2cc(O)cc(-c3ncc4c(N5CCCC(C)(O)C5)nc(OC[C@@H]5CCCN5C)nc4c3F)c12. The van der Waals surface area contributed by atoms with Gasteiger partial charge in [-0.3, -0.25) is 4.98 Å². The van der Waals surface area contributed by atoms with E-state index in [1.165, 1.54) is 24.4 Å². The van der Waals surface area contributed by atoms with Crippen molar-refractivity contribution >= 4 is 27.5 Å². The average Bonchev–Trinajstić information content (AvgIpc) is 3.35. The fourth-order valence-electron chi connectivity index (χ4n) is 6.31. The van der Waals surface area contributed by atoms with Gasteiger partial charge in [0.05, 0.1) is 11.0 Å². The summed E-state index contributed by atoms with van der Waals surface area (Å²) in [5.74, 6) is -0.742. The summed E-state index contributed by atoms with van der Waals surface area (Å²) in [4.78, 5) is 17.8. The Labute approximate surface area is 237 Å². The van der Waals surface area contributed by atoms with Crippen LogP contribution in [0.4, 0.5) is 14.6 Å². The lowest BCUT2D eigenvalue weighted by atomic mass is 9.94. The summed E-state index contributed by atoms with van der Waals surface area (Å²) in [5, 5.41) is 22.8. The molecule has 2 N–H and O–H groups in total. The van der Waals surface area contributed by atoms with Crippen molar-refractivity contribution in [2.45, 2.75) is 57.6 Å². The monoisotopic (exact) mass is 563 g/mol. The van der Waals surface area contributed by atoms with Gasteiger partial charge in [-0.15, -0.1) is 0 Å². The maximum Gasteiger partial charge on any atom is 0.319 e. The standard InChI is InChI=1S/C31H35F2N5O3/c1-4-21-24(32)9-8-18-13-20(39)14-22(25(18)21)27-26(33)28-23(15-34-27)29(38-12-6-10-31(2,40)17-38)36-30(35-28)41-16-19-7-5-11-37(19)3/h8-9,13-15,19,39-40H,4-7,10-12,16-17H2,1-3H3/t19-,31?/m0/s1. The minimum atomic E-state index is -0.921. The first-order valence-corrected chi connectivity index (χ1v) is 14.3. The van der Waals surface area contributed by atoms with Crippen molar-refractivity contribution in [3.05, 3.63) is 47.7 Å². The quantitative estimate of drug-likeness (QED) is 0.330. The second-order valence-electron chi connectivity index (χ2n) is 11.6. The highest BCUT2D eigenvalue weighted by Gasteiger charge is 2.32. The van der Waals surface area contributed by atoms with E-state index >= 15 is 4.39 Å². The molecule has 2 aliphatic heterocycles. The van der Waals surface area contributed by atoms with E-state index < -0.39 is 17.2 Å². The number of aryl methyl sites for hydroxylation is 1. The third-order valence-electron chi connectivity index (χ3n) is 8.46. The van der Waals surface area contributed by atoms with Crippen molar-refractivity contribution in [1.82, 2.24) is 19.9 Å². The number of hydrogen-bond acceptors (Lipinski definition) is 8. The highest BCUT2D eigenvalue weighted by Crippen LogP contribution is 2.39. The summed E-state index contributed by atoms with van der Waals surface area (Å²) >= 11 is 0. The molecule has 2 aromatic carbocycles. The minimum Gasteiger partial charge on any atom is -0.508 e. The number of nitrogens with zero attached hydrogens (tertiary/aromatic N) is 5. The predicted octanol–water partition coefficient (Wildman–Crippen LogP) is 5.22. The Morgan fingerprint density at radius 3 is 2.71 bits per heavy atom. The lowest BCUT2D eigenvalue weighted by Crippen LogP contribution is -2.46. The van der Waals surface area contributed by atoms with E-state index in [-0.39, 0.29) is 34.6 Å². The second-order valence-corrected chi connectivity index (χ2v) is 11.6. The van der Waals surface area contributed by atoms with Crippen LogP contribution in [-0.2, 0) is 6.42 Å². The zero-order chi connectivity index (χ0) is 28.9. The first kappa shape index (κ1) is 27.5. The molecule has 0 amide bonds. The third-order valence-corrected chi connectivity index (χ3v) is 8.46. The van der Waals surface area contributed by atoms with E-state index in [1.54, 1.807) is 13.0 Å². The third kappa shape index (κ3) is 5.15. The van der Waals surface area contributed by atoms with Crippen molar-refractivity contribution in [3.63, 3.8) is 0 Å². The number of benzene rings is 2. The van der Waals surface area contributed by atoms with E-state index in [9.17, 15) is 14.6 Å². The number of likely N-dealkylation sites (N-methyl/N-ethyl adjacent to an activating group) is 1. The predicted molar refractivity (Wildman–Crippen MR) is 154 cm³/mol. The van der Waals surface area contributed by atoms with E-state index in [1.807, 2.05) is 18.9 Å². The Morgan fingerprint density at radius 2 is 1.98 bits per heavy atom. The number of piperidine rings is 1. The van der Waals surface area contributed by atoms with Gasteiger partial charge in [-0.05, 0) is 87.2 Å². The molecule has 216 valence electrons. The summed E-state index contributed by atoms with van der Waals surface area (Å²) in [5.41, 5.74) is -0.244. The number of ether oxygens (including phenoxy) is 1. The average molecular weight is 564 g/mol. The molecular formula is C31H35F2N5O3. The van der Waals surface area contributed by atoms with Gasteiger partial charge in [-0.25, -0.2) is 8.78 Å². The maximum absolute atomic E-state index is 16.6. The second kappa shape index (κ2) is 10.6. The normalized spacial score (nSPS) is 21.7. The summed E-state index contributed by atoms with van der Waals surface area (Å²) in [6.07, 6.45) is 5.37. The number of aromatic hydroxyl groups is 1. The summed E-state index contributed by atoms with van der Waals surface area (Å²) in [6.45, 7) is 5.93. The number of phenolic OH excluding ortho intramolecular Hbond substituents is 1. The topological polar surface area (TPSA) is 94.8 Å². The smallest absolute Gasteiger partial charge is 0.319 e. The van der Waals surface area contributed by atoms with Crippen LogP contribution in [0.25, 0.3) is 32.9 Å². The van der Waals surface area contributed by atoms with Gasteiger partial charge >= 0.3 is 6.01 Å². The van der Waals surface area contributed by atoms with Crippen molar-refractivity contribution in [2.75, 3.05) is 38.2 Å². The fraction of sp³-hybridized carbons (Fsp3) is 0.452. The van der Waals surface area contributed by atoms with Crippen molar-refractivity contribution in [3.8, 4) is 23.0 Å². The molecule has 0 bridgehead atoms. The number of hydrogen-bond donors (Lipinski definition) is 2. The number of anilines is 1. The summed E-state index contributed by atoms with van der Waals surface area (Å²) in [6, 6.07) is 6.14. The van der Waals surface area contributed by atoms with E-state index in [4.69, 9.17) is 4.74 Å². The van der Waals surface area contributed by atoms with Gasteiger partial charge in [-0.1, -0.05) is 13.0 Å². The Morgan fingerprint density at radius 1 is 1.15 bits per heavy atom. The molecule has 8 nitrogen and oxygen atoms in total. The van der Waals surface area contributed by atoms with Gasteiger partial charge in [0, 0.05) is 30.9 Å². The first-order valence-electron chi connectivity index (χ1n) is 14.3. The van der Waals surface area contributed by atoms with Crippen molar-refractivity contribution < 1.29 is 23.7 Å². The molecule has 2 aromatic heterocycles.